The van der Waals surface area contributed by atoms with Gasteiger partial charge in [0, 0.05) is 5.92 Å². The second-order valence-electron chi connectivity index (χ2n) is 11.5. The fraction of sp³-hybridized carbons (Fsp3) is 0.158. The van der Waals surface area contributed by atoms with Crippen molar-refractivity contribution in [2.45, 2.75) is 36.3 Å². The standard InChI is InChI=1S/C38H33NO7S/c1-26-15-21-30(22-16-26)47(42,43)46-29-19-17-28(18-20-29)38(39,23-36(40)44-24-27-9-3-2-4-10-27)37(41)45-25-35-33-13-7-5-11-31(33)32-12-6-8-14-34(32)35/h2-22,35H,23-25,39H2,1H3. The summed E-state index contributed by atoms with van der Waals surface area (Å²) in [5, 5.41) is 0. The number of carbonyl (C=O) groups is 2. The van der Waals surface area contributed by atoms with E-state index in [1.807, 2.05) is 85.8 Å². The van der Waals surface area contributed by atoms with Crippen molar-refractivity contribution in [1.82, 2.24) is 0 Å². The summed E-state index contributed by atoms with van der Waals surface area (Å²) in [6.07, 6.45) is -0.515. The van der Waals surface area contributed by atoms with Gasteiger partial charge in [-0.05, 0) is 64.6 Å². The van der Waals surface area contributed by atoms with E-state index in [9.17, 15) is 18.0 Å². The molecule has 0 radical (unpaired) electrons. The third kappa shape index (κ3) is 6.82. The monoisotopic (exact) mass is 647 g/mol. The van der Waals surface area contributed by atoms with E-state index in [0.29, 0.717) is 0 Å². The van der Waals surface area contributed by atoms with Gasteiger partial charge in [-0.3, -0.25) is 4.79 Å². The number of carbonyl (C=O) groups excluding carboxylic acids is 2. The molecule has 0 aromatic heterocycles. The van der Waals surface area contributed by atoms with Crippen LogP contribution >= 0.6 is 0 Å². The summed E-state index contributed by atoms with van der Waals surface area (Å²) in [4.78, 5) is 27.0. The first-order chi connectivity index (χ1) is 22.6. The van der Waals surface area contributed by atoms with Crippen LogP contribution in [-0.4, -0.2) is 27.0 Å². The van der Waals surface area contributed by atoms with Gasteiger partial charge < -0.3 is 19.4 Å². The highest BCUT2D eigenvalue weighted by molar-refractivity contribution is 7.87. The topological polar surface area (TPSA) is 122 Å². The molecule has 0 heterocycles. The summed E-state index contributed by atoms with van der Waals surface area (Å²) < 4.78 is 42.4. The molecule has 0 bridgehead atoms. The molecule has 0 amide bonds. The van der Waals surface area contributed by atoms with Crippen LogP contribution in [0.4, 0.5) is 0 Å². The number of hydrogen-bond acceptors (Lipinski definition) is 8. The predicted octanol–water partition coefficient (Wildman–Crippen LogP) is 6.41. The van der Waals surface area contributed by atoms with Crippen molar-refractivity contribution < 1.29 is 31.7 Å². The number of ether oxygens (including phenoxy) is 2. The zero-order chi connectivity index (χ0) is 33.0. The van der Waals surface area contributed by atoms with Gasteiger partial charge in [0.05, 0.1) is 6.42 Å². The van der Waals surface area contributed by atoms with Crippen LogP contribution in [0.3, 0.4) is 0 Å². The third-order valence-electron chi connectivity index (χ3n) is 8.26. The summed E-state index contributed by atoms with van der Waals surface area (Å²) >= 11 is 0. The first-order valence-electron chi connectivity index (χ1n) is 15.1. The molecule has 1 aliphatic carbocycles. The molecular weight excluding hydrogens is 614 g/mol. The lowest BCUT2D eigenvalue weighted by molar-refractivity contribution is -0.158. The molecule has 5 aromatic rings. The summed E-state index contributed by atoms with van der Waals surface area (Å²) in [6.45, 7) is 1.86. The molecule has 5 aromatic carbocycles. The minimum Gasteiger partial charge on any atom is -0.463 e. The van der Waals surface area contributed by atoms with Crippen molar-refractivity contribution in [3.8, 4) is 16.9 Å². The fourth-order valence-electron chi connectivity index (χ4n) is 5.72. The van der Waals surface area contributed by atoms with E-state index in [0.717, 1.165) is 33.4 Å². The number of nitrogens with two attached hydrogens (primary N) is 1. The zero-order valence-electron chi connectivity index (χ0n) is 25.7. The van der Waals surface area contributed by atoms with Gasteiger partial charge in [-0.25, -0.2) is 4.79 Å². The average Bonchev–Trinajstić information content (AvgIpc) is 3.40. The second kappa shape index (κ2) is 13.2. The molecule has 1 aliphatic rings. The first kappa shape index (κ1) is 31.7. The third-order valence-corrected chi connectivity index (χ3v) is 9.52. The van der Waals surface area contributed by atoms with Crippen LogP contribution in [0.1, 0.15) is 40.2 Å². The van der Waals surface area contributed by atoms with Crippen LogP contribution < -0.4 is 9.92 Å². The Kier molecular flexibility index (Phi) is 8.93. The van der Waals surface area contributed by atoms with Crippen molar-refractivity contribution in [3.05, 3.63) is 155 Å². The van der Waals surface area contributed by atoms with Crippen LogP contribution in [-0.2, 0) is 41.3 Å². The number of rotatable bonds is 11. The minimum atomic E-state index is -4.11. The summed E-state index contributed by atoms with van der Waals surface area (Å²) in [7, 11) is -4.11. The number of hydrogen-bond donors (Lipinski definition) is 1. The maximum atomic E-state index is 13.9. The van der Waals surface area contributed by atoms with Gasteiger partial charge in [-0.2, -0.15) is 8.42 Å². The molecule has 0 fully saturated rings. The van der Waals surface area contributed by atoms with E-state index >= 15 is 0 Å². The summed E-state index contributed by atoms with van der Waals surface area (Å²) in [5.41, 5.74) is 10.9. The Morgan fingerprint density at radius 3 is 1.91 bits per heavy atom. The van der Waals surface area contributed by atoms with Gasteiger partial charge in [0.1, 0.15) is 23.9 Å². The van der Waals surface area contributed by atoms with Gasteiger partial charge in [-0.15, -0.1) is 0 Å². The van der Waals surface area contributed by atoms with Crippen molar-refractivity contribution in [2.24, 2.45) is 5.73 Å². The van der Waals surface area contributed by atoms with Gasteiger partial charge in [-0.1, -0.05) is 109 Å². The van der Waals surface area contributed by atoms with Crippen LogP contribution in [0.15, 0.2) is 132 Å². The summed E-state index contributed by atoms with van der Waals surface area (Å²) in [6, 6.07) is 37.0. The van der Waals surface area contributed by atoms with E-state index in [1.165, 1.54) is 36.4 Å². The Morgan fingerprint density at radius 2 is 1.30 bits per heavy atom. The molecule has 0 saturated heterocycles. The molecule has 9 heteroatoms. The van der Waals surface area contributed by atoms with Crippen LogP contribution in [0, 0.1) is 6.92 Å². The van der Waals surface area contributed by atoms with Crippen molar-refractivity contribution in [1.29, 1.82) is 0 Å². The molecule has 0 spiro atoms. The number of aryl methyl sites for hydroxylation is 1. The van der Waals surface area contributed by atoms with Crippen LogP contribution in [0.25, 0.3) is 11.1 Å². The van der Waals surface area contributed by atoms with Gasteiger partial charge in [0.2, 0.25) is 0 Å². The molecule has 1 unspecified atom stereocenters. The number of esters is 2. The number of benzene rings is 5. The van der Waals surface area contributed by atoms with Gasteiger partial charge in [0.25, 0.3) is 0 Å². The molecule has 238 valence electrons. The van der Waals surface area contributed by atoms with Crippen molar-refractivity contribution in [2.75, 3.05) is 6.61 Å². The largest absolute Gasteiger partial charge is 0.463 e. The highest BCUT2D eigenvalue weighted by Crippen LogP contribution is 2.44. The highest BCUT2D eigenvalue weighted by atomic mass is 32.2. The lowest BCUT2D eigenvalue weighted by Gasteiger charge is -2.28. The quantitative estimate of drug-likeness (QED) is 0.129. The van der Waals surface area contributed by atoms with E-state index in [1.54, 1.807) is 12.1 Å². The van der Waals surface area contributed by atoms with Crippen LogP contribution in [0.2, 0.25) is 0 Å². The zero-order valence-corrected chi connectivity index (χ0v) is 26.5. The fourth-order valence-corrected chi connectivity index (χ4v) is 6.65. The Bertz CT molecular complexity index is 1960. The molecule has 2 N–H and O–H groups in total. The second-order valence-corrected chi connectivity index (χ2v) is 13.0. The lowest BCUT2D eigenvalue weighted by Crippen LogP contribution is -2.48. The molecule has 1 atom stereocenters. The average molecular weight is 648 g/mol. The van der Waals surface area contributed by atoms with Gasteiger partial charge >= 0.3 is 22.1 Å². The van der Waals surface area contributed by atoms with Crippen LogP contribution in [0.5, 0.6) is 5.75 Å². The van der Waals surface area contributed by atoms with E-state index in [2.05, 4.69) is 0 Å². The highest BCUT2D eigenvalue weighted by Gasteiger charge is 2.42. The molecule has 0 saturated carbocycles. The SMILES string of the molecule is Cc1ccc(S(=O)(=O)Oc2ccc(C(N)(CC(=O)OCc3ccccc3)C(=O)OCC3c4ccccc4-c4ccccc43)cc2)cc1. The predicted molar refractivity (Wildman–Crippen MR) is 177 cm³/mol. The normalized spacial score (nSPS) is 13.6. The van der Waals surface area contributed by atoms with Crippen molar-refractivity contribution >= 4 is 22.1 Å². The number of fused-ring (bicyclic) bond motifs is 3. The van der Waals surface area contributed by atoms with Crippen molar-refractivity contribution in [3.63, 3.8) is 0 Å². The Morgan fingerprint density at radius 1 is 0.723 bits per heavy atom. The maximum Gasteiger partial charge on any atom is 0.339 e. The molecule has 8 nitrogen and oxygen atoms in total. The smallest absolute Gasteiger partial charge is 0.339 e. The van der Waals surface area contributed by atoms with Gasteiger partial charge in [0.15, 0.2) is 5.54 Å². The van der Waals surface area contributed by atoms with E-state index < -0.39 is 34.0 Å². The minimum absolute atomic E-state index is 0.000136. The van der Waals surface area contributed by atoms with E-state index in [-0.39, 0.29) is 35.3 Å². The molecule has 47 heavy (non-hydrogen) atoms. The lowest BCUT2D eigenvalue weighted by atomic mass is 9.87. The maximum absolute atomic E-state index is 13.9. The molecular formula is C38H33NO7S. The first-order valence-corrected chi connectivity index (χ1v) is 16.5. The summed E-state index contributed by atoms with van der Waals surface area (Å²) in [5.74, 6) is -1.73. The molecule has 0 aliphatic heterocycles. The Hall–Kier alpha value is -5.25. The molecule has 6 rings (SSSR count). The Balaban J connectivity index is 1.24. The van der Waals surface area contributed by atoms with E-state index in [4.69, 9.17) is 19.4 Å². The Labute approximate surface area is 273 Å².